The Hall–Kier alpha value is -0.160. The van der Waals surface area contributed by atoms with Crippen molar-refractivity contribution in [2.75, 3.05) is 26.4 Å². The molecule has 230 valence electrons. The van der Waals surface area contributed by atoms with Gasteiger partial charge in [-0.1, -0.05) is 174 Å². The molecule has 38 heavy (non-hydrogen) atoms. The number of aliphatic hydroxyl groups is 2. The molecule has 4 nitrogen and oxygen atoms in total. The van der Waals surface area contributed by atoms with Gasteiger partial charge in [0.05, 0.1) is 19.8 Å². The topological polar surface area (TPSA) is 52.9 Å². The van der Waals surface area contributed by atoms with Crippen molar-refractivity contribution in [3.8, 4) is 0 Å². The minimum Gasteiger partial charge on any atom is -0.395 e. The van der Waals surface area contributed by atoms with E-state index in [0.717, 1.165) is 6.42 Å². The molecular formula is C34H71NO3. The second kappa shape index (κ2) is 33.0. The number of hydroxylamine groups is 2. The van der Waals surface area contributed by atoms with Crippen molar-refractivity contribution in [3.05, 3.63) is 0 Å². The number of hydrogen-bond acceptors (Lipinski definition) is 4. The molecule has 0 aliphatic carbocycles. The Morgan fingerprint density at radius 2 is 0.789 bits per heavy atom. The van der Waals surface area contributed by atoms with Gasteiger partial charge in [-0.05, 0) is 13.3 Å². The van der Waals surface area contributed by atoms with Gasteiger partial charge in [0.15, 0.2) is 0 Å². The zero-order valence-corrected chi connectivity index (χ0v) is 26.2. The van der Waals surface area contributed by atoms with Gasteiger partial charge < -0.3 is 10.2 Å². The van der Waals surface area contributed by atoms with E-state index in [1.807, 2.05) is 5.06 Å². The largest absolute Gasteiger partial charge is 0.395 e. The van der Waals surface area contributed by atoms with Crippen molar-refractivity contribution in [2.45, 2.75) is 193 Å². The molecule has 0 rings (SSSR count). The molecule has 0 fully saturated rings. The molecule has 1 atom stereocenters. The van der Waals surface area contributed by atoms with Gasteiger partial charge in [-0.3, -0.25) is 4.84 Å². The van der Waals surface area contributed by atoms with E-state index in [9.17, 15) is 5.11 Å². The number of unbranched alkanes of at least 4 members (excludes halogenated alkanes) is 25. The minimum atomic E-state index is 0.0220. The zero-order chi connectivity index (χ0) is 27.8. The van der Waals surface area contributed by atoms with Gasteiger partial charge in [-0.25, -0.2) is 0 Å². The SMILES string of the molecule is CCCCCCCCCCCCCCCCCCCCCCCCCCCCC(C)N(CCO)OCCO. The van der Waals surface area contributed by atoms with E-state index in [1.54, 1.807) is 0 Å². The van der Waals surface area contributed by atoms with Crippen LogP contribution in [0, 0.1) is 0 Å². The van der Waals surface area contributed by atoms with Crippen molar-refractivity contribution < 1.29 is 15.1 Å². The second-order valence-electron chi connectivity index (χ2n) is 11.9. The molecule has 0 aliphatic heterocycles. The molecule has 0 saturated heterocycles. The quantitative estimate of drug-likeness (QED) is 0.0641. The molecule has 0 bridgehead atoms. The van der Waals surface area contributed by atoms with Gasteiger partial charge in [0, 0.05) is 12.6 Å². The van der Waals surface area contributed by atoms with Crippen LogP contribution >= 0.6 is 0 Å². The van der Waals surface area contributed by atoms with Crippen molar-refractivity contribution in [3.63, 3.8) is 0 Å². The van der Waals surface area contributed by atoms with E-state index in [1.165, 1.54) is 167 Å². The summed E-state index contributed by atoms with van der Waals surface area (Å²) >= 11 is 0. The second-order valence-corrected chi connectivity index (χ2v) is 11.9. The molecule has 0 aromatic rings. The fourth-order valence-corrected chi connectivity index (χ4v) is 5.57. The Morgan fingerprint density at radius 3 is 1.08 bits per heavy atom. The molecule has 0 aromatic carbocycles. The number of hydrogen-bond donors (Lipinski definition) is 2. The fraction of sp³-hybridized carbons (Fsp3) is 1.00. The van der Waals surface area contributed by atoms with Crippen molar-refractivity contribution in [1.82, 2.24) is 5.06 Å². The van der Waals surface area contributed by atoms with Crippen LogP contribution in [0.25, 0.3) is 0 Å². The van der Waals surface area contributed by atoms with E-state index in [-0.39, 0.29) is 13.2 Å². The van der Waals surface area contributed by atoms with Crippen molar-refractivity contribution >= 4 is 0 Å². The smallest absolute Gasteiger partial charge is 0.0916 e. The molecule has 0 heterocycles. The van der Waals surface area contributed by atoms with E-state index in [0.29, 0.717) is 19.2 Å². The number of rotatable bonds is 33. The maximum Gasteiger partial charge on any atom is 0.0916 e. The normalized spacial score (nSPS) is 12.6. The first-order chi connectivity index (χ1) is 18.8. The minimum absolute atomic E-state index is 0.0220. The average molecular weight is 542 g/mol. The van der Waals surface area contributed by atoms with Crippen LogP contribution in [0.2, 0.25) is 0 Å². The summed E-state index contributed by atoms with van der Waals surface area (Å²) in [5.74, 6) is 0. The van der Waals surface area contributed by atoms with Crippen LogP contribution in [0.5, 0.6) is 0 Å². The molecule has 1 unspecified atom stereocenters. The lowest BCUT2D eigenvalue weighted by atomic mass is 10.0. The van der Waals surface area contributed by atoms with Crippen molar-refractivity contribution in [2.24, 2.45) is 0 Å². The van der Waals surface area contributed by atoms with Gasteiger partial charge in [0.1, 0.15) is 0 Å². The molecule has 4 heteroatoms. The van der Waals surface area contributed by atoms with Gasteiger partial charge in [-0.15, -0.1) is 0 Å². The van der Waals surface area contributed by atoms with Crippen LogP contribution in [0.3, 0.4) is 0 Å². The lowest BCUT2D eigenvalue weighted by Gasteiger charge is -2.27. The zero-order valence-electron chi connectivity index (χ0n) is 26.2. The Balaban J connectivity index is 3.20. The highest BCUT2D eigenvalue weighted by Gasteiger charge is 2.13. The van der Waals surface area contributed by atoms with E-state index >= 15 is 0 Å². The fourth-order valence-electron chi connectivity index (χ4n) is 5.57. The summed E-state index contributed by atoms with van der Waals surface area (Å²) in [4.78, 5) is 5.53. The highest BCUT2D eigenvalue weighted by molar-refractivity contribution is 4.61. The predicted octanol–water partition coefficient (Wildman–Crippen LogP) is 10.1. The summed E-state index contributed by atoms with van der Waals surface area (Å²) in [6, 6.07) is 0.295. The third-order valence-electron chi connectivity index (χ3n) is 8.14. The predicted molar refractivity (Wildman–Crippen MR) is 167 cm³/mol. The maximum absolute atomic E-state index is 9.17. The van der Waals surface area contributed by atoms with Crippen LogP contribution in [-0.2, 0) is 4.84 Å². The van der Waals surface area contributed by atoms with E-state index in [2.05, 4.69) is 13.8 Å². The third kappa shape index (κ3) is 28.8. The standard InChI is InChI=1S/C34H71NO3/c1-3-4-5-6-7-8-9-10-11-12-13-14-15-16-17-18-19-20-21-22-23-24-25-26-27-28-29-34(2)35(30-31-36)38-33-32-37/h34,36-37H,3-33H2,1-2H3. The first-order valence-electron chi connectivity index (χ1n) is 17.4. The molecule has 0 aliphatic rings. The average Bonchev–Trinajstić information content (AvgIpc) is 2.92. The molecule has 0 amide bonds. The van der Waals surface area contributed by atoms with Crippen LogP contribution < -0.4 is 0 Å². The van der Waals surface area contributed by atoms with Gasteiger partial charge in [0.25, 0.3) is 0 Å². The van der Waals surface area contributed by atoms with E-state index < -0.39 is 0 Å². The summed E-state index contributed by atoms with van der Waals surface area (Å²) in [6.45, 7) is 5.38. The molecule has 0 radical (unpaired) electrons. The van der Waals surface area contributed by atoms with Crippen molar-refractivity contribution in [1.29, 1.82) is 0 Å². The number of aliphatic hydroxyl groups excluding tert-OH is 2. The summed E-state index contributed by atoms with van der Waals surface area (Å²) in [5, 5.41) is 19.9. The van der Waals surface area contributed by atoms with Gasteiger partial charge >= 0.3 is 0 Å². The van der Waals surface area contributed by atoms with E-state index in [4.69, 9.17) is 9.94 Å². The van der Waals surface area contributed by atoms with Crippen LogP contribution in [-0.4, -0.2) is 47.7 Å². The maximum atomic E-state index is 9.17. The van der Waals surface area contributed by atoms with Crippen LogP contribution in [0.15, 0.2) is 0 Å². The first-order valence-corrected chi connectivity index (χ1v) is 17.4. The number of nitrogens with zero attached hydrogens (tertiary/aromatic N) is 1. The summed E-state index contributed by atoms with van der Waals surface area (Å²) in [5.41, 5.74) is 0. The molecule has 0 aromatic heterocycles. The highest BCUT2D eigenvalue weighted by atomic mass is 16.7. The Kier molecular flexibility index (Phi) is 32.9. The monoisotopic (exact) mass is 542 g/mol. The van der Waals surface area contributed by atoms with Crippen LogP contribution in [0.4, 0.5) is 0 Å². The summed E-state index contributed by atoms with van der Waals surface area (Å²) in [7, 11) is 0. The Morgan fingerprint density at radius 1 is 0.474 bits per heavy atom. The van der Waals surface area contributed by atoms with Gasteiger partial charge in [0.2, 0.25) is 0 Å². The lowest BCUT2D eigenvalue weighted by molar-refractivity contribution is -0.194. The molecule has 2 N–H and O–H groups in total. The lowest BCUT2D eigenvalue weighted by Crippen LogP contribution is -2.36. The highest BCUT2D eigenvalue weighted by Crippen LogP contribution is 2.17. The Bertz CT molecular complexity index is 421. The third-order valence-corrected chi connectivity index (χ3v) is 8.14. The van der Waals surface area contributed by atoms with Gasteiger partial charge in [-0.2, -0.15) is 5.06 Å². The van der Waals surface area contributed by atoms with Crippen LogP contribution in [0.1, 0.15) is 187 Å². The molecular weight excluding hydrogens is 470 g/mol. The molecule has 0 spiro atoms. The first kappa shape index (κ1) is 37.8. The summed E-state index contributed by atoms with van der Waals surface area (Å²) < 4.78 is 0. The Labute approximate surface area is 239 Å². The molecule has 0 saturated carbocycles. The summed E-state index contributed by atoms with van der Waals surface area (Å²) in [6.07, 6.45) is 38.2.